The van der Waals surface area contributed by atoms with Gasteiger partial charge in [-0.1, -0.05) is 94.8 Å². The lowest BCUT2D eigenvalue weighted by atomic mass is 10.2. The van der Waals surface area contributed by atoms with E-state index in [-0.39, 0.29) is 15.8 Å². The standard InChI is InChI=1S/C22H30Cl2OSi/c1-5-12-20(23)21(24)17-25-26(22(2,3)4,18-13-8-6-9-14-18)19-15-10-7-11-16-19/h6-11,13-16,20-21H,5,12,17H2,1-4H3/t20-,21-/m0/s1. The molecular formula is C22H30Cl2OSi. The van der Waals surface area contributed by atoms with Crippen LogP contribution in [0.15, 0.2) is 60.7 Å². The Kier molecular flexibility index (Phi) is 7.78. The highest BCUT2D eigenvalue weighted by Crippen LogP contribution is 2.37. The van der Waals surface area contributed by atoms with Crippen LogP contribution in [0.25, 0.3) is 0 Å². The van der Waals surface area contributed by atoms with Gasteiger partial charge in [0.25, 0.3) is 8.32 Å². The smallest absolute Gasteiger partial charge is 0.261 e. The van der Waals surface area contributed by atoms with Gasteiger partial charge in [-0.15, -0.1) is 23.2 Å². The third-order valence-corrected chi connectivity index (χ3v) is 10.9. The van der Waals surface area contributed by atoms with Gasteiger partial charge in [-0.05, 0) is 21.8 Å². The van der Waals surface area contributed by atoms with E-state index < -0.39 is 8.32 Å². The first kappa shape index (κ1) is 21.5. The molecule has 0 aromatic heterocycles. The van der Waals surface area contributed by atoms with E-state index in [9.17, 15) is 0 Å². The van der Waals surface area contributed by atoms with Crippen LogP contribution in [0.1, 0.15) is 40.5 Å². The van der Waals surface area contributed by atoms with Gasteiger partial charge >= 0.3 is 0 Å². The monoisotopic (exact) mass is 408 g/mol. The third-order valence-electron chi connectivity index (χ3n) is 4.83. The number of alkyl halides is 2. The van der Waals surface area contributed by atoms with Crippen molar-refractivity contribution in [3.63, 3.8) is 0 Å². The van der Waals surface area contributed by atoms with Crippen LogP contribution < -0.4 is 10.4 Å². The first-order chi connectivity index (χ1) is 12.3. The van der Waals surface area contributed by atoms with E-state index in [1.807, 2.05) is 0 Å². The van der Waals surface area contributed by atoms with E-state index >= 15 is 0 Å². The van der Waals surface area contributed by atoms with Gasteiger partial charge in [0.2, 0.25) is 0 Å². The molecule has 1 nitrogen and oxygen atoms in total. The van der Waals surface area contributed by atoms with Crippen LogP contribution in [0.5, 0.6) is 0 Å². The second-order valence-corrected chi connectivity index (χ2v) is 13.2. The summed E-state index contributed by atoms with van der Waals surface area (Å²) in [5, 5.41) is 2.23. The normalized spacial score (nSPS) is 14.8. The van der Waals surface area contributed by atoms with Gasteiger partial charge < -0.3 is 4.43 Å². The SMILES string of the molecule is CCC[C@H](Cl)[C@@H](Cl)CO[Si](c1ccccc1)(c1ccccc1)C(C)(C)C. The Balaban J connectivity index is 2.47. The van der Waals surface area contributed by atoms with Gasteiger partial charge in [-0.2, -0.15) is 0 Å². The zero-order valence-electron chi connectivity index (χ0n) is 16.2. The maximum atomic E-state index is 6.82. The van der Waals surface area contributed by atoms with Crippen LogP contribution in [0, 0.1) is 0 Å². The third kappa shape index (κ3) is 4.72. The van der Waals surface area contributed by atoms with Gasteiger partial charge in [-0.25, -0.2) is 0 Å². The number of halogens is 2. The highest BCUT2D eigenvalue weighted by molar-refractivity contribution is 6.99. The summed E-state index contributed by atoms with van der Waals surface area (Å²) in [4.78, 5) is 0. The molecule has 0 radical (unpaired) electrons. The summed E-state index contributed by atoms with van der Waals surface area (Å²) in [6.45, 7) is 9.40. The zero-order chi connectivity index (χ0) is 19.2. The molecule has 26 heavy (non-hydrogen) atoms. The van der Waals surface area contributed by atoms with Gasteiger partial charge in [0, 0.05) is 0 Å². The second-order valence-electron chi connectivity index (χ2n) is 7.79. The zero-order valence-corrected chi connectivity index (χ0v) is 18.7. The molecule has 0 unspecified atom stereocenters. The number of rotatable bonds is 8. The van der Waals surface area contributed by atoms with Crippen molar-refractivity contribution >= 4 is 41.9 Å². The van der Waals surface area contributed by atoms with Crippen LogP contribution >= 0.6 is 23.2 Å². The molecule has 0 saturated carbocycles. The van der Waals surface area contributed by atoms with Crippen LogP contribution in [0.4, 0.5) is 0 Å². The first-order valence-corrected chi connectivity index (χ1v) is 12.1. The minimum absolute atomic E-state index is 0.0428. The fraction of sp³-hybridized carbons (Fsp3) is 0.455. The average Bonchev–Trinajstić information content (AvgIpc) is 2.63. The molecular weight excluding hydrogens is 379 g/mol. The average molecular weight is 409 g/mol. The van der Waals surface area contributed by atoms with E-state index in [2.05, 4.69) is 88.4 Å². The van der Waals surface area contributed by atoms with E-state index in [4.69, 9.17) is 27.6 Å². The second kappa shape index (κ2) is 9.41. The van der Waals surface area contributed by atoms with Crippen LogP contribution in [0.3, 0.4) is 0 Å². The Morgan fingerprint density at radius 1 is 0.846 bits per heavy atom. The molecule has 4 heteroatoms. The Morgan fingerprint density at radius 3 is 1.69 bits per heavy atom. The van der Waals surface area contributed by atoms with Gasteiger partial charge in [-0.3, -0.25) is 0 Å². The summed E-state index contributed by atoms with van der Waals surface area (Å²) < 4.78 is 6.82. The van der Waals surface area contributed by atoms with Crippen molar-refractivity contribution in [3.05, 3.63) is 60.7 Å². The van der Waals surface area contributed by atoms with Crippen molar-refractivity contribution in [2.24, 2.45) is 0 Å². The van der Waals surface area contributed by atoms with E-state index in [1.165, 1.54) is 10.4 Å². The summed E-state index contributed by atoms with van der Waals surface area (Å²) in [5.41, 5.74) is 0. The molecule has 0 N–H and O–H groups in total. The quantitative estimate of drug-likeness (QED) is 0.409. The molecule has 142 valence electrons. The fourth-order valence-corrected chi connectivity index (χ4v) is 8.70. The van der Waals surface area contributed by atoms with Crippen molar-refractivity contribution in [1.29, 1.82) is 0 Å². The largest absolute Gasteiger partial charge is 0.406 e. The van der Waals surface area contributed by atoms with Crippen molar-refractivity contribution in [2.75, 3.05) is 6.61 Å². The Labute approximate surface area is 169 Å². The van der Waals surface area contributed by atoms with E-state index in [0.717, 1.165) is 12.8 Å². The van der Waals surface area contributed by atoms with Crippen molar-refractivity contribution in [3.8, 4) is 0 Å². The van der Waals surface area contributed by atoms with E-state index in [0.29, 0.717) is 6.61 Å². The topological polar surface area (TPSA) is 9.23 Å². The van der Waals surface area contributed by atoms with Crippen LogP contribution in [-0.4, -0.2) is 25.7 Å². The molecule has 0 saturated heterocycles. The van der Waals surface area contributed by atoms with Gasteiger partial charge in [0.1, 0.15) is 0 Å². The van der Waals surface area contributed by atoms with E-state index in [1.54, 1.807) is 0 Å². The van der Waals surface area contributed by atoms with Crippen LogP contribution in [-0.2, 0) is 4.43 Å². The molecule has 0 aliphatic carbocycles. The Morgan fingerprint density at radius 2 is 1.31 bits per heavy atom. The molecule has 0 heterocycles. The molecule has 2 aromatic carbocycles. The molecule has 0 fully saturated rings. The van der Waals surface area contributed by atoms with Crippen molar-refractivity contribution in [2.45, 2.75) is 56.3 Å². The molecule has 0 spiro atoms. The highest BCUT2D eigenvalue weighted by atomic mass is 35.5. The predicted octanol–water partition coefficient (Wildman–Crippen LogP) is 5.58. The summed E-state index contributed by atoms with van der Waals surface area (Å²) >= 11 is 13.1. The molecule has 0 aliphatic rings. The molecule has 2 atom stereocenters. The van der Waals surface area contributed by atoms with Gasteiger partial charge in [0.05, 0.1) is 17.4 Å². The Hall–Kier alpha value is -0.803. The van der Waals surface area contributed by atoms with Crippen molar-refractivity contribution in [1.82, 2.24) is 0 Å². The molecule has 0 aliphatic heterocycles. The molecule has 0 bridgehead atoms. The maximum absolute atomic E-state index is 6.82. The lowest BCUT2D eigenvalue weighted by Crippen LogP contribution is -2.67. The summed E-state index contributed by atoms with van der Waals surface area (Å²) in [7, 11) is -2.52. The van der Waals surface area contributed by atoms with Crippen LogP contribution in [0.2, 0.25) is 5.04 Å². The number of hydrogen-bond donors (Lipinski definition) is 0. The lowest BCUT2D eigenvalue weighted by Gasteiger charge is -2.43. The lowest BCUT2D eigenvalue weighted by molar-refractivity contribution is 0.291. The van der Waals surface area contributed by atoms with Gasteiger partial charge in [0.15, 0.2) is 0 Å². The Bertz CT molecular complexity index is 615. The molecule has 2 rings (SSSR count). The predicted molar refractivity (Wildman–Crippen MR) is 118 cm³/mol. The fourth-order valence-electron chi connectivity index (χ4n) is 3.53. The first-order valence-electron chi connectivity index (χ1n) is 9.36. The highest BCUT2D eigenvalue weighted by Gasteiger charge is 2.50. The summed E-state index contributed by atoms with van der Waals surface area (Å²) in [6.07, 6.45) is 1.93. The van der Waals surface area contributed by atoms with Crippen molar-refractivity contribution < 1.29 is 4.43 Å². The maximum Gasteiger partial charge on any atom is 0.261 e. The molecule has 0 amide bonds. The summed E-state index contributed by atoms with van der Waals surface area (Å²) in [5.74, 6) is 0. The number of hydrogen-bond acceptors (Lipinski definition) is 1. The number of benzene rings is 2. The minimum Gasteiger partial charge on any atom is -0.406 e. The summed E-state index contributed by atoms with van der Waals surface area (Å²) in [6, 6.07) is 21.2. The molecule has 2 aromatic rings. The minimum atomic E-state index is -2.52.